The quantitative estimate of drug-likeness (QED) is 0.467. The number of ether oxygens (including phenoxy) is 1. The molecule has 2 aliphatic heterocycles. The van der Waals surface area contributed by atoms with Crippen LogP contribution >= 0.6 is 0 Å². The van der Waals surface area contributed by atoms with E-state index in [9.17, 15) is 23.1 Å². The lowest BCUT2D eigenvalue weighted by Gasteiger charge is -2.30. The Morgan fingerprint density at radius 1 is 1.39 bits per heavy atom. The third kappa shape index (κ3) is 4.90. The second kappa shape index (κ2) is 10.0. The number of benzene rings is 1. The molecular weight excluding hydrogens is 424 g/mol. The lowest BCUT2D eigenvalue weighted by molar-refractivity contribution is -0.134. The number of nitrogens with one attached hydrogen (secondary N) is 1. The molecule has 2 amide bonds. The maximum Gasteiger partial charge on any atom is 0.253 e. The number of hydrogen-bond acceptors (Lipinski definition) is 7. The smallest absolute Gasteiger partial charge is 0.253 e. The fourth-order valence-corrected chi connectivity index (χ4v) is 5.68. The van der Waals surface area contributed by atoms with Crippen LogP contribution in [0, 0.1) is 0 Å². The van der Waals surface area contributed by atoms with Crippen LogP contribution in [0.15, 0.2) is 23.1 Å². The first kappa shape index (κ1) is 23.6. The van der Waals surface area contributed by atoms with Crippen LogP contribution in [0.3, 0.4) is 0 Å². The standard InChI is InChI=1S/C20H30N4O6S/c1-2-15-17(24-9-10-30-13-19(24)26)6-3-7-18(15)31(28,29)22-16(11-21)20(27)23-8-4-5-14(23)12-25/h3,6-7,14,16,22,25H,2,4-5,8-13,21H2,1H3/t14-,16-/m0/s1. The minimum atomic E-state index is -4.10. The highest BCUT2D eigenvalue weighted by atomic mass is 32.2. The van der Waals surface area contributed by atoms with Crippen LogP contribution in [-0.2, 0) is 30.8 Å². The molecule has 31 heavy (non-hydrogen) atoms. The summed E-state index contributed by atoms with van der Waals surface area (Å²) < 4.78 is 34.1. The summed E-state index contributed by atoms with van der Waals surface area (Å²) in [7, 11) is -4.10. The molecule has 2 heterocycles. The molecule has 0 spiro atoms. The minimum absolute atomic E-state index is 0.0122. The summed E-state index contributed by atoms with van der Waals surface area (Å²) in [4.78, 5) is 28.2. The van der Waals surface area contributed by atoms with Crippen LogP contribution in [0.2, 0.25) is 0 Å². The number of nitrogens with zero attached hydrogens (tertiary/aromatic N) is 2. The zero-order chi connectivity index (χ0) is 22.6. The predicted octanol–water partition coefficient (Wildman–Crippen LogP) is -0.799. The zero-order valence-corrected chi connectivity index (χ0v) is 18.4. The lowest BCUT2D eigenvalue weighted by atomic mass is 10.1. The van der Waals surface area contributed by atoms with E-state index in [1.165, 1.54) is 15.9 Å². The number of aliphatic hydroxyl groups is 1. The van der Waals surface area contributed by atoms with Crippen molar-refractivity contribution in [3.05, 3.63) is 23.8 Å². The Bertz CT molecular complexity index is 922. The average Bonchev–Trinajstić information content (AvgIpc) is 3.25. The van der Waals surface area contributed by atoms with Gasteiger partial charge in [-0.3, -0.25) is 9.59 Å². The van der Waals surface area contributed by atoms with Crippen molar-refractivity contribution in [3.8, 4) is 0 Å². The summed E-state index contributed by atoms with van der Waals surface area (Å²) in [5.41, 5.74) is 6.76. The van der Waals surface area contributed by atoms with Crippen LogP contribution in [0.4, 0.5) is 5.69 Å². The number of sulfonamides is 1. The van der Waals surface area contributed by atoms with Crippen molar-refractivity contribution in [1.29, 1.82) is 0 Å². The van der Waals surface area contributed by atoms with Crippen molar-refractivity contribution >= 4 is 27.5 Å². The number of aliphatic hydroxyl groups excluding tert-OH is 1. The molecule has 1 aromatic rings. The van der Waals surface area contributed by atoms with E-state index < -0.39 is 22.0 Å². The molecule has 0 radical (unpaired) electrons. The van der Waals surface area contributed by atoms with Crippen LogP contribution in [-0.4, -0.2) is 81.8 Å². The van der Waals surface area contributed by atoms with E-state index in [1.54, 1.807) is 12.1 Å². The van der Waals surface area contributed by atoms with Gasteiger partial charge in [-0.2, -0.15) is 4.72 Å². The van der Waals surface area contributed by atoms with Gasteiger partial charge in [0.2, 0.25) is 15.9 Å². The highest BCUT2D eigenvalue weighted by Crippen LogP contribution is 2.29. The van der Waals surface area contributed by atoms with Gasteiger partial charge in [0.05, 0.1) is 24.2 Å². The summed E-state index contributed by atoms with van der Waals surface area (Å²) >= 11 is 0. The number of amides is 2. The molecule has 1 aromatic carbocycles. The minimum Gasteiger partial charge on any atom is -0.394 e. The normalized spacial score (nSPS) is 20.9. The summed E-state index contributed by atoms with van der Waals surface area (Å²) in [6.07, 6.45) is 1.79. The molecule has 0 aromatic heterocycles. The Labute approximate surface area is 182 Å². The van der Waals surface area contributed by atoms with Gasteiger partial charge in [-0.05, 0) is 37.0 Å². The number of anilines is 1. The number of carbonyl (C=O) groups excluding carboxylic acids is 2. The Hall–Kier alpha value is -2.05. The Morgan fingerprint density at radius 2 is 2.16 bits per heavy atom. The first-order valence-electron chi connectivity index (χ1n) is 10.5. The van der Waals surface area contributed by atoms with Gasteiger partial charge in [0.1, 0.15) is 12.6 Å². The van der Waals surface area contributed by atoms with Crippen molar-refractivity contribution in [2.75, 3.05) is 44.4 Å². The van der Waals surface area contributed by atoms with Gasteiger partial charge in [0.25, 0.3) is 5.91 Å². The van der Waals surface area contributed by atoms with E-state index >= 15 is 0 Å². The van der Waals surface area contributed by atoms with Gasteiger partial charge in [-0.25, -0.2) is 8.42 Å². The van der Waals surface area contributed by atoms with Gasteiger partial charge in [0, 0.05) is 25.3 Å². The number of hydrogen-bond donors (Lipinski definition) is 3. The maximum atomic E-state index is 13.3. The number of likely N-dealkylation sites (tertiary alicyclic amines) is 1. The van der Waals surface area contributed by atoms with Gasteiger partial charge >= 0.3 is 0 Å². The number of carbonyl (C=O) groups is 2. The summed E-state index contributed by atoms with van der Waals surface area (Å²) in [6, 6.07) is 3.28. The van der Waals surface area contributed by atoms with E-state index in [2.05, 4.69) is 4.72 Å². The molecule has 0 aliphatic carbocycles. The molecule has 3 rings (SSSR count). The van der Waals surface area contributed by atoms with E-state index in [-0.39, 0.29) is 36.6 Å². The molecular formula is C20H30N4O6S. The van der Waals surface area contributed by atoms with Crippen LogP contribution in [0.5, 0.6) is 0 Å². The van der Waals surface area contributed by atoms with Gasteiger partial charge in [-0.15, -0.1) is 0 Å². The van der Waals surface area contributed by atoms with E-state index in [0.29, 0.717) is 43.8 Å². The van der Waals surface area contributed by atoms with Crippen molar-refractivity contribution < 1.29 is 27.9 Å². The zero-order valence-electron chi connectivity index (χ0n) is 17.6. The van der Waals surface area contributed by atoms with E-state index in [4.69, 9.17) is 10.5 Å². The van der Waals surface area contributed by atoms with Crippen molar-refractivity contribution in [2.45, 2.75) is 43.2 Å². The first-order valence-corrected chi connectivity index (χ1v) is 12.0. The fraction of sp³-hybridized carbons (Fsp3) is 0.600. The second-order valence-electron chi connectivity index (χ2n) is 7.63. The fourth-order valence-electron chi connectivity index (χ4n) is 4.15. The third-order valence-electron chi connectivity index (χ3n) is 5.73. The maximum absolute atomic E-state index is 13.3. The molecule has 0 saturated carbocycles. The molecule has 11 heteroatoms. The average molecular weight is 455 g/mol. The van der Waals surface area contributed by atoms with Crippen molar-refractivity contribution in [3.63, 3.8) is 0 Å². The third-order valence-corrected chi connectivity index (χ3v) is 7.29. The Balaban J connectivity index is 1.89. The van der Waals surface area contributed by atoms with Gasteiger partial charge in [-0.1, -0.05) is 13.0 Å². The highest BCUT2D eigenvalue weighted by Gasteiger charge is 2.35. The topological polar surface area (TPSA) is 142 Å². The predicted molar refractivity (Wildman–Crippen MR) is 114 cm³/mol. The van der Waals surface area contributed by atoms with Crippen LogP contribution in [0.25, 0.3) is 0 Å². The monoisotopic (exact) mass is 454 g/mol. The number of morpholine rings is 1. The summed E-state index contributed by atoms with van der Waals surface area (Å²) in [6.45, 7) is 2.53. The first-order chi connectivity index (χ1) is 14.8. The van der Waals surface area contributed by atoms with Gasteiger partial charge < -0.3 is 25.4 Å². The molecule has 10 nitrogen and oxygen atoms in total. The molecule has 4 N–H and O–H groups in total. The summed E-state index contributed by atoms with van der Waals surface area (Å²) in [5, 5.41) is 9.49. The molecule has 0 unspecified atom stereocenters. The van der Waals surface area contributed by atoms with E-state index in [1.807, 2.05) is 6.92 Å². The van der Waals surface area contributed by atoms with Crippen LogP contribution in [0.1, 0.15) is 25.3 Å². The highest BCUT2D eigenvalue weighted by molar-refractivity contribution is 7.89. The Morgan fingerprint density at radius 3 is 2.81 bits per heavy atom. The molecule has 2 aliphatic rings. The van der Waals surface area contributed by atoms with Gasteiger partial charge in [0.15, 0.2) is 0 Å². The summed E-state index contributed by atoms with van der Waals surface area (Å²) in [5.74, 6) is -0.678. The molecule has 2 fully saturated rings. The molecule has 2 atom stereocenters. The van der Waals surface area contributed by atoms with Crippen molar-refractivity contribution in [2.24, 2.45) is 5.73 Å². The second-order valence-corrected chi connectivity index (χ2v) is 9.31. The Kier molecular flexibility index (Phi) is 7.65. The number of rotatable bonds is 8. The molecule has 2 saturated heterocycles. The lowest BCUT2D eigenvalue weighted by Crippen LogP contribution is -2.53. The SMILES string of the molecule is CCc1c(N2CCOCC2=O)cccc1S(=O)(=O)N[C@@H](CN)C(=O)N1CCC[C@H]1CO. The largest absolute Gasteiger partial charge is 0.394 e. The molecule has 0 bridgehead atoms. The van der Waals surface area contributed by atoms with Crippen molar-refractivity contribution in [1.82, 2.24) is 9.62 Å². The van der Waals surface area contributed by atoms with Crippen LogP contribution < -0.4 is 15.4 Å². The molecule has 172 valence electrons. The number of nitrogens with two attached hydrogens (primary N) is 1. The van der Waals surface area contributed by atoms with E-state index in [0.717, 1.165) is 6.42 Å².